The van der Waals surface area contributed by atoms with E-state index in [0.29, 0.717) is 5.92 Å². The quantitative estimate of drug-likeness (QED) is 0.260. The number of phenols is 1. The smallest absolute Gasteiger partial charge is 0.127 e. The van der Waals surface area contributed by atoms with Crippen molar-refractivity contribution in [2.75, 3.05) is 31.2 Å². The van der Waals surface area contributed by atoms with E-state index in [1.165, 1.54) is 11.3 Å². The van der Waals surface area contributed by atoms with Crippen molar-refractivity contribution < 1.29 is 9.84 Å². The van der Waals surface area contributed by atoms with Gasteiger partial charge in [-0.05, 0) is 66.1 Å². The fourth-order valence-corrected chi connectivity index (χ4v) is 5.16. The summed E-state index contributed by atoms with van der Waals surface area (Å²) >= 11 is 0. The minimum atomic E-state index is 0.252. The van der Waals surface area contributed by atoms with Crippen LogP contribution in [-0.2, 0) is 4.74 Å². The van der Waals surface area contributed by atoms with E-state index in [-0.39, 0.29) is 5.75 Å². The number of nitrogens with one attached hydrogen (secondary N) is 1. The average molecular weight is 509 g/mol. The zero-order valence-electron chi connectivity index (χ0n) is 22.6. The predicted octanol–water partition coefficient (Wildman–Crippen LogP) is 7.38. The van der Waals surface area contributed by atoms with Crippen LogP contribution in [0.4, 0.5) is 5.69 Å². The Hall–Kier alpha value is -4.03. The van der Waals surface area contributed by atoms with Gasteiger partial charge in [-0.25, -0.2) is 0 Å². The number of fused-ring (bicyclic) bond motifs is 1. The van der Waals surface area contributed by atoms with Crippen LogP contribution in [0.1, 0.15) is 39.2 Å². The predicted molar refractivity (Wildman–Crippen MR) is 156 cm³/mol. The number of aromatic nitrogens is 3. The highest BCUT2D eigenvalue weighted by Crippen LogP contribution is 2.40. The van der Waals surface area contributed by atoms with E-state index in [0.717, 1.165) is 65.4 Å². The molecule has 6 heteroatoms. The van der Waals surface area contributed by atoms with Gasteiger partial charge in [-0.1, -0.05) is 27.7 Å². The number of aromatic hydroxyl groups is 1. The summed E-state index contributed by atoms with van der Waals surface area (Å²) in [7, 11) is 0. The zero-order chi connectivity index (χ0) is 26.6. The van der Waals surface area contributed by atoms with Crippen LogP contribution in [0.25, 0.3) is 39.1 Å². The summed E-state index contributed by atoms with van der Waals surface area (Å²) < 4.78 is 7.73. The molecular weight excluding hydrogens is 472 g/mol. The maximum atomic E-state index is 11.1. The van der Waals surface area contributed by atoms with Gasteiger partial charge < -0.3 is 24.3 Å². The largest absolute Gasteiger partial charge is 0.507 e. The third kappa shape index (κ3) is 4.79. The van der Waals surface area contributed by atoms with Crippen molar-refractivity contribution in [1.29, 1.82) is 0 Å². The molecule has 1 fully saturated rings. The Morgan fingerprint density at radius 2 is 1.63 bits per heavy atom. The topological polar surface area (TPSA) is 66.3 Å². The Morgan fingerprint density at radius 3 is 2.32 bits per heavy atom. The van der Waals surface area contributed by atoms with E-state index in [4.69, 9.17) is 4.74 Å². The van der Waals surface area contributed by atoms with E-state index < -0.39 is 0 Å². The van der Waals surface area contributed by atoms with Gasteiger partial charge in [0.05, 0.1) is 24.6 Å². The lowest BCUT2D eigenvalue weighted by Gasteiger charge is -2.29. The third-order valence-electron chi connectivity index (χ3n) is 7.05. The molecule has 1 aliphatic rings. The van der Waals surface area contributed by atoms with Gasteiger partial charge in [0.2, 0.25) is 0 Å². The average Bonchev–Trinajstić information content (AvgIpc) is 3.59. The molecule has 1 saturated heterocycles. The number of hydrogen-bond acceptors (Lipinski definition) is 4. The number of hydrogen-bond donors (Lipinski definition) is 2. The molecule has 1 aliphatic heterocycles. The van der Waals surface area contributed by atoms with E-state index >= 15 is 0 Å². The van der Waals surface area contributed by atoms with E-state index in [1.54, 1.807) is 6.20 Å². The second-order valence-corrected chi connectivity index (χ2v) is 9.61. The molecule has 196 valence electrons. The summed E-state index contributed by atoms with van der Waals surface area (Å²) in [6, 6.07) is 20.8. The number of aromatic amines is 1. The highest BCUT2D eigenvalue weighted by Gasteiger charge is 2.19. The van der Waals surface area contributed by atoms with Gasteiger partial charge in [-0.15, -0.1) is 0 Å². The van der Waals surface area contributed by atoms with Crippen molar-refractivity contribution >= 4 is 16.6 Å². The van der Waals surface area contributed by atoms with Crippen LogP contribution in [0.5, 0.6) is 5.75 Å². The second kappa shape index (κ2) is 11.2. The van der Waals surface area contributed by atoms with E-state index in [1.807, 2.05) is 38.4 Å². The molecule has 6 nitrogen and oxygen atoms in total. The molecule has 0 radical (unpaired) electrons. The van der Waals surface area contributed by atoms with Gasteiger partial charge in [-0.2, -0.15) is 0 Å². The number of morpholine rings is 1. The standard InChI is InChI=1S/C30H30N4O2.C2H6/c1-20(2)26-19-32-27-17-30(35)25(16-24(26)27)29-10-9-28(21-4-3-11-31-18-21)34(29)23-7-5-22(6-8-23)33-12-14-36-15-13-33;1-2/h3-11,16-20,32,35H,12-15H2,1-2H3;1-2H3. The monoisotopic (exact) mass is 508 g/mol. The number of ether oxygens (including phenoxy) is 1. The van der Waals surface area contributed by atoms with Crippen LogP contribution < -0.4 is 4.90 Å². The summed E-state index contributed by atoms with van der Waals surface area (Å²) in [6.45, 7) is 11.7. The summed E-state index contributed by atoms with van der Waals surface area (Å²) in [5, 5.41) is 12.2. The van der Waals surface area contributed by atoms with Crippen LogP contribution in [0.3, 0.4) is 0 Å². The molecule has 4 heterocycles. The summed E-state index contributed by atoms with van der Waals surface area (Å²) in [6.07, 6.45) is 5.71. The minimum Gasteiger partial charge on any atom is -0.507 e. The van der Waals surface area contributed by atoms with Gasteiger partial charge >= 0.3 is 0 Å². The maximum Gasteiger partial charge on any atom is 0.127 e. The van der Waals surface area contributed by atoms with E-state index in [9.17, 15) is 5.11 Å². The van der Waals surface area contributed by atoms with Crippen LogP contribution >= 0.6 is 0 Å². The molecule has 0 amide bonds. The molecule has 0 bridgehead atoms. The Morgan fingerprint density at radius 1 is 0.921 bits per heavy atom. The zero-order valence-corrected chi connectivity index (χ0v) is 22.6. The maximum absolute atomic E-state index is 11.1. The number of nitrogens with zero attached hydrogens (tertiary/aromatic N) is 3. The molecule has 6 rings (SSSR count). The molecule has 2 N–H and O–H groups in total. The molecule has 0 atom stereocenters. The second-order valence-electron chi connectivity index (χ2n) is 9.61. The molecule has 0 aliphatic carbocycles. The van der Waals surface area contributed by atoms with Crippen LogP contribution in [0.15, 0.2) is 79.3 Å². The highest BCUT2D eigenvalue weighted by atomic mass is 16.5. The lowest BCUT2D eigenvalue weighted by Crippen LogP contribution is -2.36. The van der Waals surface area contributed by atoms with Crippen LogP contribution in [0, 0.1) is 0 Å². The van der Waals surface area contributed by atoms with Crippen molar-refractivity contribution in [3.8, 4) is 34.0 Å². The number of phenolic OH excluding ortho intramolecular Hbond substituents is 1. The summed E-state index contributed by atoms with van der Waals surface area (Å²) in [5.41, 5.74) is 8.19. The molecule has 3 aromatic heterocycles. The van der Waals surface area contributed by atoms with Crippen LogP contribution in [-0.4, -0.2) is 45.9 Å². The lowest BCUT2D eigenvalue weighted by atomic mass is 9.99. The Bertz CT molecular complexity index is 1490. The molecule has 0 spiro atoms. The minimum absolute atomic E-state index is 0.252. The van der Waals surface area contributed by atoms with Crippen molar-refractivity contribution in [3.63, 3.8) is 0 Å². The Balaban J connectivity index is 0.00000144. The number of pyridine rings is 1. The van der Waals surface area contributed by atoms with Crippen molar-refractivity contribution in [3.05, 3.63) is 84.8 Å². The number of H-pyrrole nitrogens is 1. The normalized spacial score (nSPS) is 13.6. The first kappa shape index (κ1) is 25.6. The van der Waals surface area contributed by atoms with Gasteiger partial charge in [-0.3, -0.25) is 4.98 Å². The van der Waals surface area contributed by atoms with E-state index in [2.05, 4.69) is 81.8 Å². The molecule has 38 heavy (non-hydrogen) atoms. The number of benzene rings is 2. The number of rotatable bonds is 5. The molecule has 0 saturated carbocycles. The molecule has 5 aromatic rings. The fraction of sp³-hybridized carbons (Fsp3) is 0.281. The van der Waals surface area contributed by atoms with Crippen LogP contribution in [0.2, 0.25) is 0 Å². The van der Waals surface area contributed by atoms with Gasteiger partial charge in [0.25, 0.3) is 0 Å². The van der Waals surface area contributed by atoms with Crippen molar-refractivity contribution in [2.45, 2.75) is 33.6 Å². The highest BCUT2D eigenvalue weighted by molar-refractivity contribution is 5.91. The first-order chi connectivity index (χ1) is 18.6. The third-order valence-corrected chi connectivity index (χ3v) is 7.05. The molecular formula is C32H36N4O2. The Kier molecular flexibility index (Phi) is 7.52. The van der Waals surface area contributed by atoms with Crippen molar-refractivity contribution in [2.24, 2.45) is 0 Å². The first-order valence-electron chi connectivity index (χ1n) is 13.5. The van der Waals surface area contributed by atoms with Gasteiger partial charge in [0.15, 0.2) is 0 Å². The molecule has 2 aromatic carbocycles. The summed E-state index contributed by atoms with van der Waals surface area (Å²) in [4.78, 5) is 10.0. The molecule has 0 unspecified atom stereocenters. The Labute approximate surface area is 224 Å². The van der Waals surface area contributed by atoms with Gasteiger partial charge in [0.1, 0.15) is 5.75 Å². The number of anilines is 1. The lowest BCUT2D eigenvalue weighted by molar-refractivity contribution is 0.122. The van der Waals surface area contributed by atoms with Gasteiger partial charge in [0, 0.05) is 71.2 Å². The first-order valence-corrected chi connectivity index (χ1v) is 13.5. The SMILES string of the molecule is CC.CC(C)c1c[nH]c2cc(O)c(-c3ccc(-c4cccnc4)n3-c3ccc(N4CCOCC4)cc3)cc12. The fourth-order valence-electron chi connectivity index (χ4n) is 5.16. The summed E-state index contributed by atoms with van der Waals surface area (Å²) in [5.74, 6) is 0.628. The van der Waals surface area contributed by atoms with Crippen molar-refractivity contribution in [1.82, 2.24) is 14.5 Å².